The van der Waals surface area contributed by atoms with Gasteiger partial charge in [0.15, 0.2) is 0 Å². The van der Waals surface area contributed by atoms with Crippen LogP contribution in [0.1, 0.15) is 23.1 Å². The van der Waals surface area contributed by atoms with Gasteiger partial charge in [-0.15, -0.1) is 0 Å². The second kappa shape index (κ2) is 7.76. The molecule has 0 N–H and O–H groups in total. The van der Waals surface area contributed by atoms with Crippen LogP contribution in [0.15, 0.2) is 66.7 Å². The molecule has 30 heavy (non-hydrogen) atoms. The first-order valence-corrected chi connectivity index (χ1v) is 9.75. The molecule has 1 aliphatic rings. The number of hydrogen-bond donors (Lipinski definition) is 0. The number of ether oxygens (including phenoxy) is 2. The Bertz CT molecular complexity index is 1060. The molecule has 0 radical (unpaired) electrons. The minimum absolute atomic E-state index is 0.299. The molecule has 0 amide bonds. The van der Waals surface area contributed by atoms with Crippen LogP contribution in [0.3, 0.4) is 0 Å². The summed E-state index contributed by atoms with van der Waals surface area (Å²) in [5.41, 5.74) is -1.30. The fourth-order valence-electron chi connectivity index (χ4n) is 4.24. The molecule has 156 valence electrons. The van der Waals surface area contributed by atoms with Gasteiger partial charge in [-0.05, 0) is 34.7 Å². The van der Waals surface area contributed by atoms with Crippen molar-refractivity contribution >= 4 is 16.7 Å². The summed E-state index contributed by atoms with van der Waals surface area (Å²) in [6.07, 6.45) is -4.15. The quantitative estimate of drug-likeness (QED) is 0.541. The van der Waals surface area contributed by atoms with E-state index in [4.69, 9.17) is 9.47 Å². The van der Waals surface area contributed by atoms with E-state index in [0.29, 0.717) is 19.3 Å². The number of carbonyl (C=O) groups excluding carboxylic acids is 1. The number of esters is 1. The third-order valence-electron chi connectivity index (χ3n) is 5.75. The largest absolute Gasteiger partial charge is 0.459 e. The highest BCUT2D eigenvalue weighted by Crippen LogP contribution is 2.43. The number of aryl methyl sites for hydroxylation is 1. The van der Waals surface area contributed by atoms with Gasteiger partial charge in [-0.3, -0.25) is 0 Å². The van der Waals surface area contributed by atoms with Crippen molar-refractivity contribution in [1.82, 2.24) is 0 Å². The van der Waals surface area contributed by atoms with Crippen LogP contribution in [0.2, 0.25) is 0 Å². The average molecular weight is 414 g/mol. The third-order valence-corrected chi connectivity index (χ3v) is 5.75. The Balaban J connectivity index is 1.62. The van der Waals surface area contributed by atoms with Gasteiger partial charge in [-0.1, -0.05) is 66.7 Å². The normalized spacial score (nSPS) is 18.5. The second-order valence-electron chi connectivity index (χ2n) is 7.44. The van der Waals surface area contributed by atoms with E-state index < -0.39 is 23.9 Å². The molecule has 3 aromatic carbocycles. The van der Waals surface area contributed by atoms with Crippen molar-refractivity contribution in [3.63, 3.8) is 0 Å². The lowest BCUT2D eigenvalue weighted by atomic mass is 9.86. The maximum absolute atomic E-state index is 14.1. The van der Waals surface area contributed by atoms with Crippen molar-refractivity contribution < 1.29 is 27.4 Å². The first kappa shape index (κ1) is 20.4. The summed E-state index contributed by atoms with van der Waals surface area (Å²) in [5.74, 6) is -1.43. The summed E-state index contributed by atoms with van der Waals surface area (Å²) in [6, 6.07) is 18.8. The van der Waals surface area contributed by atoms with E-state index in [9.17, 15) is 18.0 Å². The molecule has 0 saturated heterocycles. The zero-order valence-electron chi connectivity index (χ0n) is 16.4. The van der Waals surface area contributed by atoms with Gasteiger partial charge in [0.1, 0.15) is 6.10 Å². The molecule has 0 aromatic heterocycles. The molecule has 6 heteroatoms. The van der Waals surface area contributed by atoms with Crippen molar-refractivity contribution in [3.05, 3.63) is 83.4 Å². The summed E-state index contributed by atoms with van der Waals surface area (Å²) in [4.78, 5) is 12.9. The number of rotatable bonds is 4. The van der Waals surface area contributed by atoms with Crippen LogP contribution in [0.4, 0.5) is 13.2 Å². The fraction of sp³-hybridized carbons (Fsp3) is 0.292. The van der Waals surface area contributed by atoms with Crippen LogP contribution in [0, 0.1) is 0 Å². The summed E-state index contributed by atoms with van der Waals surface area (Å²) in [7, 11) is 0.879. The zero-order valence-corrected chi connectivity index (χ0v) is 16.4. The second-order valence-corrected chi connectivity index (χ2v) is 7.44. The Morgan fingerprint density at radius 2 is 1.67 bits per heavy atom. The number of benzene rings is 3. The lowest BCUT2D eigenvalue weighted by Crippen LogP contribution is -2.52. The van der Waals surface area contributed by atoms with Crippen molar-refractivity contribution in [2.75, 3.05) is 7.11 Å². The molecular weight excluding hydrogens is 393 g/mol. The van der Waals surface area contributed by atoms with Gasteiger partial charge < -0.3 is 9.47 Å². The molecule has 0 saturated carbocycles. The van der Waals surface area contributed by atoms with Crippen LogP contribution in [0.25, 0.3) is 10.8 Å². The molecule has 3 nitrogen and oxygen atoms in total. The molecule has 0 spiro atoms. The van der Waals surface area contributed by atoms with Crippen molar-refractivity contribution in [2.24, 2.45) is 0 Å². The van der Waals surface area contributed by atoms with Crippen LogP contribution >= 0.6 is 0 Å². The Morgan fingerprint density at radius 1 is 0.967 bits per heavy atom. The van der Waals surface area contributed by atoms with Crippen molar-refractivity contribution in [1.29, 1.82) is 0 Å². The van der Waals surface area contributed by atoms with E-state index in [2.05, 4.69) is 0 Å². The van der Waals surface area contributed by atoms with E-state index in [0.717, 1.165) is 29.0 Å². The molecule has 3 aromatic rings. The van der Waals surface area contributed by atoms with Crippen LogP contribution in [-0.4, -0.2) is 25.4 Å². The standard InChI is InChI=1S/C24H21F3O3/c1-29-23(24(25,26)27,18-8-3-2-4-9-18)22(28)30-19-13-14-21-17(15-19)12-11-16-7-5-6-10-20(16)21/h2-12,19H,13-15H2,1H3/t19?,23-/m0/s1. The molecule has 0 bridgehead atoms. The maximum atomic E-state index is 14.1. The number of methoxy groups -OCH3 is 1. The van der Waals surface area contributed by atoms with Gasteiger partial charge in [0.2, 0.25) is 0 Å². The SMILES string of the molecule is CO[C@](C(=O)OC1CCc2c(ccc3ccccc23)C1)(c1ccccc1)C(F)(F)F. The van der Waals surface area contributed by atoms with Crippen LogP contribution < -0.4 is 0 Å². The van der Waals surface area contributed by atoms with Crippen LogP contribution in [0.5, 0.6) is 0 Å². The van der Waals surface area contributed by atoms with E-state index in [1.807, 2.05) is 36.4 Å². The Morgan fingerprint density at radius 3 is 2.37 bits per heavy atom. The highest BCUT2D eigenvalue weighted by Gasteiger charge is 2.64. The first-order valence-electron chi connectivity index (χ1n) is 9.75. The molecule has 1 aliphatic carbocycles. The molecule has 0 fully saturated rings. The number of halogens is 3. The summed E-state index contributed by atoms with van der Waals surface area (Å²) < 4.78 is 52.4. The monoisotopic (exact) mass is 414 g/mol. The smallest absolute Gasteiger partial charge is 0.432 e. The molecule has 1 unspecified atom stereocenters. The van der Waals surface area contributed by atoms with E-state index in [-0.39, 0.29) is 5.56 Å². The lowest BCUT2D eigenvalue weighted by Gasteiger charge is -2.34. The minimum atomic E-state index is -4.97. The number of fused-ring (bicyclic) bond motifs is 3. The highest BCUT2D eigenvalue weighted by molar-refractivity contribution is 5.87. The van der Waals surface area contributed by atoms with Gasteiger partial charge in [-0.25, -0.2) is 4.79 Å². The fourth-order valence-corrected chi connectivity index (χ4v) is 4.24. The maximum Gasteiger partial charge on any atom is 0.432 e. The molecule has 2 atom stereocenters. The van der Waals surface area contributed by atoms with Gasteiger partial charge >= 0.3 is 12.1 Å². The van der Waals surface area contributed by atoms with Gasteiger partial charge in [0, 0.05) is 19.1 Å². The van der Waals surface area contributed by atoms with Gasteiger partial charge in [-0.2, -0.15) is 13.2 Å². The minimum Gasteiger partial charge on any atom is -0.459 e. The van der Waals surface area contributed by atoms with Crippen molar-refractivity contribution in [2.45, 2.75) is 37.1 Å². The van der Waals surface area contributed by atoms with Crippen molar-refractivity contribution in [3.8, 4) is 0 Å². The zero-order chi connectivity index (χ0) is 21.4. The number of carbonyl (C=O) groups is 1. The van der Waals surface area contributed by atoms with Gasteiger partial charge in [0.05, 0.1) is 0 Å². The average Bonchev–Trinajstić information content (AvgIpc) is 2.74. The van der Waals surface area contributed by atoms with Crippen LogP contribution in [-0.2, 0) is 32.7 Å². The first-order chi connectivity index (χ1) is 14.4. The van der Waals surface area contributed by atoms with E-state index in [1.54, 1.807) is 6.07 Å². The predicted molar refractivity (Wildman–Crippen MR) is 107 cm³/mol. The Hall–Kier alpha value is -2.86. The highest BCUT2D eigenvalue weighted by atomic mass is 19.4. The van der Waals surface area contributed by atoms with E-state index in [1.165, 1.54) is 24.3 Å². The topological polar surface area (TPSA) is 35.5 Å². The summed E-state index contributed by atoms with van der Waals surface area (Å²) in [6.45, 7) is 0. The molecule has 4 rings (SSSR count). The number of hydrogen-bond acceptors (Lipinski definition) is 3. The van der Waals surface area contributed by atoms with E-state index >= 15 is 0 Å². The molecular formula is C24H21F3O3. The Kier molecular flexibility index (Phi) is 5.28. The molecule has 0 aliphatic heterocycles. The Labute approximate surface area is 172 Å². The molecule has 0 heterocycles. The summed E-state index contributed by atoms with van der Waals surface area (Å²) >= 11 is 0. The van der Waals surface area contributed by atoms with Gasteiger partial charge in [0.25, 0.3) is 5.60 Å². The number of alkyl halides is 3. The third kappa shape index (κ3) is 3.35. The lowest BCUT2D eigenvalue weighted by molar-refractivity contribution is -0.278. The summed E-state index contributed by atoms with van der Waals surface area (Å²) in [5, 5.41) is 2.25. The predicted octanol–water partition coefficient (Wildman–Crippen LogP) is 5.34.